The maximum atomic E-state index is 3.65. The summed E-state index contributed by atoms with van der Waals surface area (Å²) in [6.07, 6.45) is 2.67. The minimum atomic E-state index is 0.752. The standard InChI is InChI=1S/C12H24BrNS/c1-4-5-12(8-13)9-14-6-7-15-11(3)10(14)2/h10-12H,4-9H2,1-3H3. The molecule has 1 nitrogen and oxygen atoms in total. The zero-order valence-electron chi connectivity index (χ0n) is 10.2. The molecule has 3 unspecified atom stereocenters. The van der Waals surface area contributed by atoms with Crippen molar-refractivity contribution >= 4 is 27.7 Å². The van der Waals surface area contributed by atoms with Gasteiger partial charge in [0.15, 0.2) is 0 Å². The summed E-state index contributed by atoms with van der Waals surface area (Å²) >= 11 is 5.77. The van der Waals surface area contributed by atoms with Crippen LogP contribution in [0.2, 0.25) is 0 Å². The Morgan fingerprint density at radius 3 is 2.80 bits per heavy atom. The maximum Gasteiger partial charge on any atom is 0.0184 e. The Bertz CT molecular complexity index is 177. The molecule has 0 aliphatic carbocycles. The van der Waals surface area contributed by atoms with E-state index >= 15 is 0 Å². The number of halogens is 1. The highest BCUT2D eigenvalue weighted by Crippen LogP contribution is 2.25. The van der Waals surface area contributed by atoms with Gasteiger partial charge in [0.05, 0.1) is 0 Å². The number of nitrogens with zero attached hydrogens (tertiary/aromatic N) is 1. The van der Waals surface area contributed by atoms with E-state index in [9.17, 15) is 0 Å². The molecular formula is C12H24BrNS. The Hall–Kier alpha value is 0.790. The first kappa shape index (κ1) is 13.9. The molecule has 0 N–H and O–H groups in total. The molecule has 0 saturated carbocycles. The van der Waals surface area contributed by atoms with Crippen molar-refractivity contribution in [3.63, 3.8) is 0 Å². The van der Waals surface area contributed by atoms with E-state index < -0.39 is 0 Å². The van der Waals surface area contributed by atoms with Gasteiger partial charge in [-0.05, 0) is 19.3 Å². The molecule has 0 radical (unpaired) electrons. The van der Waals surface area contributed by atoms with E-state index in [2.05, 4.69) is 53.4 Å². The normalized spacial score (nSPS) is 30.4. The SMILES string of the molecule is CCCC(CBr)CN1CCSC(C)C1C. The molecule has 1 aliphatic heterocycles. The topological polar surface area (TPSA) is 3.24 Å². The van der Waals surface area contributed by atoms with Crippen molar-refractivity contribution in [1.82, 2.24) is 4.90 Å². The molecule has 0 bridgehead atoms. The molecule has 3 atom stereocenters. The Balaban J connectivity index is 2.40. The molecule has 1 fully saturated rings. The second-order valence-electron chi connectivity index (χ2n) is 4.62. The number of hydrogen-bond acceptors (Lipinski definition) is 2. The lowest BCUT2D eigenvalue weighted by molar-refractivity contribution is 0.183. The van der Waals surface area contributed by atoms with E-state index in [-0.39, 0.29) is 0 Å². The maximum absolute atomic E-state index is 3.65. The molecule has 15 heavy (non-hydrogen) atoms. The largest absolute Gasteiger partial charge is 0.298 e. The Kier molecular flexibility index (Phi) is 6.63. The summed E-state index contributed by atoms with van der Waals surface area (Å²) in [5.41, 5.74) is 0. The highest BCUT2D eigenvalue weighted by atomic mass is 79.9. The van der Waals surface area contributed by atoms with Crippen LogP contribution in [-0.4, -0.2) is 40.4 Å². The predicted molar refractivity (Wildman–Crippen MR) is 75.1 cm³/mol. The quantitative estimate of drug-likeness (QED) is 0.712. The Morgan fingerprint density at radius 1 is 1.47 bits per heavy atom. The molecule has 0 aromatic heterocycles. The zero-order valence-corrected chi connectivity index (χ0v) is 12.6. The van der Waals surface area contributed by atoms with E-state index in [1.807, 2.05) is 0 Å². The van der Waals surface area contributed by atoms with Gasteiger partial charge in [0, 0.05) is 35.5 Å². The smallest absolute Gasteiger partial charge is 0.0184 e. The van der Waals surface area contributed by atoms with Crippen LogP contribution in [0.15, 0.2) is 0 Å². The molecule has 1 saturated heterocycles. The van der Waals surface area contributed by atoms with Crippen LogP contribution in [0.3, 0.4) is 0 Å². The van der Waals surface area contributed by atoms with Gasteiger partial charge in [0.2, 0.25) is 0 Å². The van der Waals surface area contributed by atoms with Crippen molar-refractivity contribution in [3.8, 4) is 0 Å². The van der Waals surface area contributed by atoms with E-state index in [1.165, 1.54) is 31.7 Å². The fraction of sp³-hybridized carbons (Fsp3) is 1.00. The van der Waals surface area contributed by atoms with Crippen LogP contribution in [0.5, 0.6) is 0 Å². The van der Waals surface area contributed by atoms with Gasteiger partial charge in [0.25, 0.3) is 0 Å². The van der Waals surface area contributed by atoms with Crippen LogP contribution in [0, 0.1) is 5.92 Å². The van der Waals surface area contributed by atoms with Crippen LogP contribution in [0.4, 0.5) is 0 Å². The third-order valence-electron chi connectivity index (χ3n) is 3.42. The predicted octanol–water partition coefficient (Wildman–Crippen LogP) is 3.62. The van der Waals surface area contributed by atoms with Gasteiger partial charge in [-0.3, -0.25) is 4.90 Å². The number of hydrogen-bond donors (Lipinski definition) is 0. The second-order valence-corrected chi connectivity index (χ2v) is 6.75. The van der Waals surface area contributed by atoms with E-state index in [1.54, 1.807) is 0 Å². The first-order chi connectivity index (χ1) is 7.19. The summed E-state index contributed by atoms with van der Waals surface area (Å²) in [4.78, 5) is 2.68. The van der Waals surface area contributed by atoms with Crippen molar-refractivity contribution in [2.75, 3.05) is 24.2 Å². The Labute approximate surface area is 107 Å². The monoisotopic (exact) mass is 293 g/mol. The fourth-order valence-electron chi connectivity index (χ4n) is 2.21. The lowest BCUT2D eigenvalue weighted by Crippen LogP contribution is -2.46. The van der Waals surface area contributed by atoms with Crippen LogP contribution in [0.25, 0.3) is 0 Å². The third-order valence-corrected chi connectivity index (χ3v) is 5.68. The summed E-state index contributed by atoms with van der Waals surface area (Å²) in [6, 6.07) is 0.752. The van der Waals surface area contributed by atoms with Crippen molar-refractivity contribution in [2.45, 2.75) is 44.9 Å². The summed E-state index contributed by atoms with van der Waals surface area (Å²) in [5.74, 6) is 2.15. The molecule has 1 aliphatic rings. The second kappa shape index (κ2) is 7.18. The van der Waals surface area contributed by atoms with E-state index in [0.717, 1.165) is 22.5 Å². The average molecular weight is 294 g/mol. The van der Waals surface area contributed by atoms with Crippen molar-refractivity contribution in [1.29, 1.82) is 0 Å². The highest BCUT2D eigenvalue weighted by molar-refractivity contribution is 9.09. The molecule has 1 rings (SSSR count). The van der Waals surface area contributed by atoms with Gasteiger partial charge >= 0.3 is 0 Å². The molecule has 0 aromatic carbocycles. The Morgan fingerprint density at radius 2 is 2.20 bits per heavy atom. The van der Waals surface area contributed by atoms with Gasteiger partial charge in [-0.1, -0.05) is 36.2 Å². The van der Waals surface area contributed by atoms with Crippen LogP contribution in [-0.2, 0) is 0 Å². The molecule has 3 heteroatoms. The minimum Gasteiger partial charge on any atom is -0.298 e. The summed E-state index contributed by atoms with van der Waals surface area (Å²) in [7, 11) is 0. The summed E-state index contributed by atoms with van der Waals surface area (Å²) in [6.45, 7) is 9.60. The number of alkyl halides is 1. The molecule has 0 aromatic rings. The first-order valence-electron chi connectivity index (χ1n) is 6.10. The van der Waals surface area contributed by atoms with Crippen LogP contribution < -0.4 is 0 Å². The van der Waals surface area contributed by atoms with Gasteiger partial charge in [-0.2, -0.15) is 11.8 Å². The van der Waals surface area contributed by atoms with Crippen molar-refractivity contribution < 1.29 is 0 Å². The molecule has 0 amide bonds. The molecule has 1 heterocycles. The number of thioether (sulfide) groups is 1. The summed E-state index contributed by atoms with van der Waals surface area (Å²) in [5, 5.41) is 1.96. The lowest BCUT2D eigenvalue weighted by Gasteiger charge is -2.39. The van der Waals surface area contributed by atoms with Crippen LogP contribution >= 0.6 is 27.7 Å². The van der Waals surface area contributed by atoms with Gasteiger partial charge < -0.3 is 0 Å². The third kappa shape index (κ3) is 4.27. The van der Waals surface area contributed by atoms with Crippen LogP contribution in [0.1, 0.15) is 33.6 Å². The minimum absolute atomic E-state index is 0.752. The fourth-order valence-corrected chi connectivity index (χ4v) is 3.90. The molecular weight excluding hydrogens is 270 g/mol. The van der Waals surface area contributed by atoms with Gasteiger partial charge in [-0.15, -0.1) is 0 Å². The van der Waals surface area contributed by atoms with E-state index in [4.69, 9.17) is 0 Å². The van der Waals surface area contributed by atoms with Crippen molar-refractivity contribution in [2.24, 2.45) is 5.92 Å². The summed E-state index contributed by atoms with van der Waals surface area (Å²) < 4.78 is 0. The van der Waals surface area contributed by atoms with Gasteiger partial charge in [0.1, 0.15) is 0 Å². The van der Waals surface area contributed by atoms with Gasteiger partial charge in [-0.25, -0.2) is 0 Å². The zero-order chi connectivity index (χ0) is 11.3. The van der Waals surface area contributed by atoms with Crippen molar-refractivity contribution in [3.05, 3.63) is 0 Å². The first-order valence-corrected chi connectivity index (χ1v) is 8.27. The van der Waals surface area contributed by atoms with E-state index in [0.29, 0.717) is 0 Å². The average Bonchev–Trinajstić information content (AvgIpc) is 2.24. The highest BCUT2D eigenvalue weighted by Gasteiger charge is 2.26. The molecule has 0 spiro atoms. The molecule has 90 valence electrons. The number of rotatable bonds is 5. The lowest BCUT2D eigenvalue weighted by atomic mass is 10.0.